The van der Waals surface area contributed by atoms with Crippen molar-refractivity contribution < 1.29 is 17.9 Å². The topological polar surface area (TPSA) is 56.5 Å². The molecule has 0 aliphatic rings. The number of ether oxygens (including phenoxy) is 1. The molecule has 5 aromatic rings. The van der Waals surface area contributed by atoms with Crippen LogP contribution in [0, 0.1) is 6.92 Å². The van der Waals surface area contributed by atoms with Gasteiger partial charge in [0, 0.05) is 5.56 Å². The van der Waals surface area contributed by atoms with Crippen LogP contribution in [0.2, 0.25) is 0 Å². The first-order valence-corrected chi connectivity index (χ1v) is 13.6. The Morgan fingerprint density at radius 1 is 0.950 bits per heavy atom. The van der Waals surface area contributed by atoms with E-state index >= 15 is 0 Å². The number of hydrogen-bond donors (Lipinski definition) is 0. The number of aromatic nitrogens is 2. The summed E-state index contributed by atoms with van der Waals surface area (Å²) in [6.07, 6.45) is -3.11. The molecular weight excluding hydrogens is 651 g/mol. The van der Waals surface area contributed by atoms with Crippen LogP contribution in [0.5, 0.6) is 5.75 Å². The standard InChI is InChI=1S/C30H20Br2F3N3O2/c1-18-9-11-19(12-10-18)17-40-27-24(31)13-20(14-25(27)32)16-36-38-28(21-5-4-6-22(15-21)30(33,34)35)37-26-8-3-2-7-23(26)29(38)39/h2-16H,17H2,1H3. The van der Waals surface area contributed by atoms with Gasteiger partial charge in [0.15, 0.2) is 5.82 Å². The van der Waals surface area contributed by atoms with Gasteiger partial charge >= 0.3 is 6.18 Å². The maximum absolute atomic E-state index is 13.4. The van der Waals surface area contributed by atoms with E-state index in [2.05, 4.69) is 41.9 Å². The zero-order valence-electron chi connectivity index (χ0n) is 20.9. The molecule has 0 N–H and O–H groups in total. The third-order valence-corrected chi connectivity index (χ3v) is 7.23. The third kappa shape index (κ3) is 6.03. The van der Waals surface area contributed by atoms with Crippen molar-refractivity contribution in [3.63, 3.8) is 0 Å². The van der Waals surface area contributed by atoms with Crippen LogP contribution in [0.4, 0.5) is 13.2 Å². The van der Waals surface area contributed by atoms with Gasteiger partial charge in [-0.2, -0.15) is 22.9 Å². The maximum Gasteiger partial charge on any atom is 0.416 e. The van der Waals surface area contributed by atoms with Crippen molar-refractivity contribution in [2.75, 3.05) is 0 Å². The molecule has 0 aliphatic heterocycles. The van der Waals surface area contributed by atoms with E-state index < -0.39 is 17.3 Å². The van der Waals surface area contributed by atoms with E-state index in [0.29, 0.717) is 32.4 Å². The zero-order valence-corrected chi connectivity index (χ0v) is 24.1. The number of halogens is 5. The van der Waals surface area contributed by atoms with Crippen molar-refractivity contribution in [3.05, 3.63) is 126 Å². The second-order valence-electron chi connectivity index (χ2n) is 8.98. The molecule has 0 saturated heterocycles. The molecule has 1 heterocycles. The molecule has 0 amide bonds. The molecule has 4 aromatic carbocycles. The van der Waals surface area contributed by atoms with Gasteiger partial charge < -0.3 is 4.74 Å². The van der Waals surface area contributed by atoms with Crippen LogP contribution in [0.25, 0.3) is 22.3 Å². The van der Waals surface area contributed by atoms with Crippen LogP contribution in [-0.2, 0) is 12.8 Å². The molecule has 10 heteroatoms. The first kappa shape index (κ1) is 27.8. The SMILES string of the molecule is Cc1ccc(COc2c(Br)cc(C=Nn3c(-c4cccc(C(F)(F)F)c4)nc4ccccc4c3=O)cc2Br)cc1. The van der Waals surface area contributed by atoms with Crippen molar-refractivity contribution in [1.82, 2.24) is 9.66 Å². The van der Waals surface area contributed by atoms with Gasteiger partial charge in [-0.1, -0.05) is 54.1 Å². The summed E-state index contributed by atoms with van der Waals surface area (Å²) in [7, 11) is 0. The first-order valence-electron chi connectivity index (χ1n) is 12.0. The number of fused-ring (bicyclic) bond motifs is 1. The summed E-state index contributed by atoms with van der Waals surface area (Å²) in [5.74, 6) is 0.578. The molecule has 0 unspecified atom stereocenters. The lowest BCUT2D eigenvalue weighted by Crippen LogP contribution is -2.20. The summed E-state index contributed by atoms with van der Waals surface area (Å²) < 4.78 is 48.6. The van der Waals surface area contributed by atoms with Gasteiger partial charge in [-0.15, -0.1) is 0 Å². The van der Waals surface area contributed by atoms with Crippen molar-refractivity contribution in [2.45, 2.75) is 19.7 Å². The summed E-state index contributed by atoms with van der Waals surface area (Å²) in [4.78, 5) is 17.9. The molecular formula is C30H20Br2F3N3O2. The first-order chi connectivity index (χ1) is 19.1. The molecule has 0 aliphatic carbocycles. The minimum Gasteiger partial charge on any atom is -0.487 e. The molecule has 0 radical (unpaired) electrons. The van der Waals surface area contributed by atoms with E-state index in [1.54, 1.807) is 36.4 Å². The van der Waals surface area contributed by atoms with Crippen molar-refractivity contribution >= 4 is 49.0 Å². The monoisotopic (exact) mass is 669 g/mol. The second-order valence-corrected chi connectivity index (χ2v) is 10.7. The Balaban J connectivity index is 1.52. The highest BCUT2D eigenvalue weighted by atomic mass is 79.9. The highest BCUT2D eigenvalue weighted by molar-refractivity contribution is 9.11. The molecule has 0 bridgehead atoms. The van der Waals surface area contributed by atoms with Crippen LogP contribution >= 0.6 is 31.9 Å². The van der Waals surface area contributed by atoms with E-state index in [9.17, 15) is 18.0 Å². The van der Waals surface area contributed by atoms with Crippen LogP contribution < -0.4 is 10.3 Å². The molecule has 1 aromatic heterocycles. The summed E-state index contributed by atoms with van der Waals surface area (Å²) in [6, 6.07) is 22.8. The predicted molar refractivity (Wildman–Crippen MR) is 157 cm³/mol. The van der Waals surface area contributed by atoms with Crippen LogP contribution in [0.3, 0.4) is 0 Å². The van der Waals surface area contributed by atoms with E-state index in [0.717, 1.165) is 27.9 Å². The fourth-order valence-electron chi connectivity index (χ4n) is 4.01. The Hall–Kier alpha value is -3.76. The number of benzene rings is 4. The van der Waals surface area contributed by atoms with Gasteiger partial charge in [-0.25, -0.2) is 4.98 Å². The van der Waals surface area contributed by atoms with Gasteiger partial charge in [-0.3, -0.25) is 4.79 Å². The fraction of sp³-hybridized carbons (Fsp3) is 0.100. The summed E-state index contributed by atoms with van der Waals surface area (Å²) in [5.41, 5.74) is 1.88. The number of nitrogens with zero attached hydrogens (tertiary/aromatic N) is 3. The maximum atomic E-state index is 13.4. The Morgan fingerprint density at radius 2 is 1.65 bits per heavy atom. The van der Waals surface area contributed by atoms with Gasteiger partial charge in [-0.05, 0) is 86.3 Å². The average molecular weight is 671 g/mol. The Bertz CT molecular complexity index is 1780. The molecule has 202 valence electrons. The van der Waals surface area contributed by atoms with E-state index in [-0.39, 0.29) is 16.8 Å². The zero-order chi connectivity index (χ0) is 28.4. The molecule has 40 heavy (non-hydrogen) atoms. The Morgan fingerprint density at radius 3 is 2.35 bits per heavy atom. The van der Waals surface area contributed by atoms with Crippen molar-refractivity contribution in [3.8, 4) is 17.1 Å². The van der Waals surface area contributed by atoms with Gasteiger partial charge in [0.25, 0.3) is 5.56 Å². The smallest absolute Gasteiger partial charge is 0.416 e. The lowest BCUT2D eigenvalue weighted by Gasteiger charge is -2.13. The number of aryl methyl sites for hydroxylation is 1. The van der Waals surface area contributed by atoms with Crippen LogP contribution in [0.15, 0.2) is 104 Å². The lowest BCUT2D eigenvalue weighted by atomic mass is 10.1. The number of alkyl halides is 3. The molecule has 5 nitrogen and oxygen atoms in total. The minimum atomic E-state index is -4.55. The number of rotatable bonds is 6. The van der Waals surface area contributed by atoms with E-state index in [1.807, 2.05) is 31.2 Å². The highest BCUT2D eigenvalue weighted by Gasteiger charge is 2.31. The largest absolute Gasteiger partial charge is 0.487 e. The van der Waals surface area contributed by atoms with Crippen molar-refractivity contribution in [2.24, 2.45) is 5.10 Å². The molecule has 0 spiro atoms. The Kier molecular flexibility index (Phi) is 7.91. The molecule has 0 saturated carbocycles. The average Bonchev–Trinajstić information content (AvgIpc) is 2.92. The number of para-hydroxylation sites is 1. The quantitative estimate of drug-likeness (QED) is 0.171. The van der Waals surface area contributed by atoms with Gasteiger partial charge in [0.1, 0.15) is 12.4 Å². The fourth-order valence-corrected chi connectivity index (χ4v) is 5.46. The second kappa shape index (κ2) is 11.4. The summed E-state index contributed by atoms with van der Waals surface area (Å²) in [6.45, 7) is 2.38. The highest BCUT2D eigenvalue weighted by Crippen LogP contribution is 2.35. The molecule has 5 rings (SSSR count). The number of hydrogen-bond acceptors (Lipinski definition) is 4. The molecule has 0 fully saturated rings. The molecule has 0 atom stereocenters. The van der Waals surface area contributed by atoms with Crippen LogP contribution in [-0.4, -0.2) is 15.9 Å². The Labute approximate surface area is 244 Å². The lowest BCUT2D eigenvalue weighted by molar-refractivity contribution is -0.137. The summed E-state index contributed by atoms with van der Waals surface area (Å²) in [5, 5.41) is 4.65. The normalized spacial score (nSPS) is 11.8. The van der Waals surface area contributed by atoms with E-state index in [4.69, 9.17) is 4.74 Å². The van der Waals surface area contributed by atoms with Crippen LogP contribution in [0.1, 0.15) is 22.3 Å². The third-order valence-electron chi connectivity index (χ3n) is 6.05. The van der Waals surface area contributed by atoms with Gasteiger partial charge in [0.05, 0.1) is 31.6 Å². The van der Waals surface area contributed by atoms with Gasteiger partial charge in [0.2, 0.25) is 0 Å². The summed E-state index contributed by atoms with van der Waals surface area (Å²) >= 11 is 7.06. The minimum absolute atomic E-state index is 0.0118. The predicted octanol–water partition coefficient (Wildman–Crippen LogP) is 8.38. The van der Waals surface area contributed by atoms with Crippen molar-refractivity contribution in [1.29, 1.82) is 0 Å². The van der Waals surface area contributed by atoms with E-state index in [1.165, 1.54) is 18.3 Å².